The van der Waals surface area contributed by atoms with E-state index in [2.05, 4.69) is 13.8 Å². The predicted octanol–water partition coefficient (Wildman–Crippen LogP) is 8.42. The highest BCUT2D eigenvalue weighted by Gasteiger charge is 2.14. The lowest BCUT2D eigenvalue weighted by atomic mass is 10.0. The molecule has 2 rings (SSSR count). The third kappa shape index (κ3) is 11.0. The standard InChI is InChI=1S/C30H42O4/c1-3-5-7-9-11-13-15-25-17-21-27(22-18-25)29(31)33-34-30(32)28-23-19-26(20-24-28)16-14-12-10-8-6-4-2/h17-24H,3-16H2,1-2H3. The second-order valence-electron chi connectivity index (χ2n) is 9.17. The molecule has 34 heavy (non-hydrogen) atoms. The maximum atomic E-state index is 12.2. The average molecular weight is 467 g/mol. The lowest BCUT2D eigenvalue weighted by molar-refractivity contribution is -0.187. The number of hydrogen-bond acceptors (Lipinski definition) is 4. The monoisotopic (exact) mass is 466 g/mol. The number of hydrogen-bond donors (Lipinski definition) is 0. The largest absolute Gasteiger partial charge is 0.386 e. The number of aryl methyl sites for hydroxylation is 2. The molecule has 0 saturated carbocycles. The summed E-state index contributed by atoms with van der Waals surface area (Å²) in [6, 6.07) is 14.6. The number of benzene rings is 2. The Morgan fingerprint density at radius 2 is 0.824 bits per heavy atom. The Morgan fingerprint density at radius 3 is 1.18 bits per heavy atom. The highest BCUT2D eigenvalue weighted by Crippen LogP contribution is 2.14. The zero-order chi connectivity index (χ0) is 24.4. The van der Waals surface area contributed by atoms with E-state index in [0.717, 1.165) is 25.7 Å². The van der Waals surface area contributed by atoms with Gasteiger partial charge in [0, 0.05) is 0 Å². The van der Waals surface area contributed by atoms with Crippen LogP contribution in [0.1, 0.15) is 123 Å². The molecule has 0 N–H and O–H groups in total. The Bertz CT molecular complexity index is 752. The Kier molecular flexibility index (Phi) is 13.7. The van der Waals surface area contributed by atoms with Crippen LogP contribution in [0, 0.1) is 0 Å². The summed E-state index contributed by atoms with van der Waals surface area (Å²) in [6.45, 7) is 4.45. The van der Waals surface area contributed by atoms with Gasteiger partial charge < -0.3 is 0 Å². The first kappa shape index (κ1) is 27.6. The van der Waals surface area contributed by atoms with Gasteiger partial charge in [0.2, 0.25) is 0 Å². The molecule has 0 saturated heterocycles. The number of unbranched alkanes of at least 4 members (excludes halogenated alkanes) is 10. The molecule has 2 aromatic carbocycles. The summed E-state index contributed by atoms with van der Waals surface area (Å²) in [5.41, 5.74) is 3.14. The van der Waals surface area contributed by atoms with E-state index < -0.39 is 11.9 Å². The SMILES string of the molecule is CCCCCCCCc1ccc(C(=O)OOC(=O)c2ccc(CCCCCCCC)cc2)cc1. The molecule has 0 aliphatic carbocycles. The van der Waals surface area contributed by atoms with Crippen LogP contribution in [0.3, 0.4) is 0 Å². The van der Waals surface area contributed by atoms with Crippen molar-refractivity contribution in [2.24, 2.45) is 0 Å². The third-order valence-corrected chi connectivity index (χ3v) is 6.21. The van der Waals surface area contributed by atoms with Crippen LogP contribution in [-0.4, -0.2) is 11.9 Å². The predicted molar refractivity (Wildman–Crippen MR) is 138 cm³/mol. The first-order valence-corrected chi connectivity index (χ1v) is 13.2. The molecule has 0 bridgehead atoms. The molecule has 0 aromatic heterocycles. The van der Waals surface area contributed by atoms with Gasteiger partial charge in [0.05, 0.1) is 11.1 Å². The van der Waals surface area contributed by atoms with Crippen molar-refractivity contribution in [1.29, 1.82) is 0 Å². The molecule has 0 aliphatic heterocycles. The van der Waals surface area contributed by atoms with Gasteiger partial charge in [-0.05, 0) is 61.1 Å². The summed E-state index contributed by atoms with van der Waals surface area (Å²) in [5.74, 6) is -1.33. The van der Waals surface area contributed by atoms with E-state index in [1.807, 2.05) is 24.3 Å². The fraction of sp³-hybridized carbons (Fsp3) is 0.533. The lowest BCUT2D eigenvalue weighted by Gasteiger charge is -2.06. The van der Waals surface area contributed by atoms with Crippen LogP contribution in [0.5, 0.6) is 0 Å². The third-order valence-electron chi connectivity index (χ3n) is 6.21. The van der Waals surface area contributed by atoms with Crippen molar-refractivity contribution in [3.63, 3.8) is 0 Å². The molecule has 186 valence electrons. The smallest absolute Gasteiger partial charge is 0.242 e. The molecular formula is C30H42O4. The highest BCUT2D eigenvalue weighted by atomic mass is 17.2. The van der Waals surface area contributed by atoms with Crippen LogP contribution in [0.2, 0.25) is 0 Å². The molecule has 0 unspecified atom stereocenters. The van der Waals surface area contributed by atoms with Gasteiger partial charge in [0.1, 0.15) is 0 Å². The quantitative estimate of drug-likeness (QED) is 0.141. The second-order valence-corrected chi connectivity index (χ2v) is 9.17. The molecule has 4 nitrogen and oxygen atoms in total. The van der Waals surface area contributed by atoms with E-state index in [4.69, 9.17) is 9.78 Å². The minimum atomic E-state index is -0.667. The molecule has 0 amide bonds. The molecule has 0 radical (unpaired) electrons. The van der Waals surface area contributed by atoms with Gasteiger partial charge in [-0.25, -0.2) is 19.4 Å². The van der Waals surface area contributed by atoms with Crippen LogP contribution in [0.4, 0.5) is 0 Å². The molecule has 2 aromatic rings. The van der Waals surface area contributed by atoms with E-state index in [9.17, 15) is 9.59 Å². The minimum Gasteiger partial charge on any atom is -0.242 e. The van der Waals surface area contributed by atoms with Gasteiger partial charge in [0.25, 0.3) is 0 Å². The Labute approximate surface area is 206 Å². The fourth-order valence-corrected chi connectivity index (χ4v) is 4.01. The van der Waals surface area contributed by atoms with E-state index in [0.29, 0.717) is 11.1 Å². The van der Waals surface area contributed by atoms with Crippen LogP contribution in [0.15, 0.2) is 48.5 Å². The van der Waals surface area contributed by atoms with Crippen molar-refractivity contribution in [2.45, 2.75) is 104 Å². The van der Waals surface area contributed by atoms with Crippen LogP contribution in [0.25, 0.3) is 0 Å². The maximum Gasteiger partial charge on any atom is 0.386 e. The number of carbonyl (C=O) groups excluding carboxylic acids is 2. The van der Waals surface area contributed by atoms with Gasteiger partial charge in [-0.2, -0.15) is 0 Å². The van der Waals surface area contributed by atoms with Gasteiger partial charge in [-0.3, -0.25) is 0 Å². The summed E-state index contributed by atoms with van der Waals surface area (Å²) < 4.78 is 0. The normalized spacial score (nSPS) is 10.8. The first-order chi connectivity index (χ1) is 16.6. The molecule has 0 fully saturated rings. The van der Waals surface area contributed by atoms with Crippen molar-refractivity contribution < 1.29 is 19.4 Å². The molecule has 0 spiro atoms. The highest BCUT2D eigenvalue weighted by molar-refractivity contribution is 5.92. The van der Waals surface area contributed by atoms with Crippen LogP contribution >= 0.6 is 0 Å². The Morgan fingerprint density at radius 1 is 0.500 bits per heavy atom. The number of carbonyl (C=O) groups is 2. The van der Waals surface area contributed by atoms with Crippen LogP contribution < -0.4 is 0 Å². The Balaban J connectivity index is 1.68. The zero-order valence-electron chi connectivity index (χ0n) is 21.2. The Hall–Kier alpha value is -2.62. The zero-order valence-corrected chi connectivity index (χ0v) is 21.2. The van der Waals surface area contributed by atoms with Crippen molar-refractivity contribution in [3.8, 4) is 0 Å². The average Bonchev–Trinajstić information content (AvgIpc) is 2.87. The second kappa shape index (κ2) is 16.9. The summed E-state index contributed by atoms with van der Waals surface area (Å²) in [4.78, 5) is 34.0. The first-order valence-electron chi connectivity index (χ1n) is 13.2. The summed E-state index contributed by atoms with van der Waals surface area (Å²) in [7, 11) is 0. The van der Waals surface area contributed by atoms with Crippen molar-refractivity contribution in [2.75, 3.05) is 0 Å². The summed E-state index contributed by atoms with van der Waals surface area (Å²) in [5, 5.41) is 0. The van der Waals surface area contributed by atoms with Gasteiger partial charge >= 0.3 is 11.9 Å². The molecular weight excluding hydrogens is 424 g/mol. The molecule has 0 heterocycles. The van der Waals surface area contributed by atoms with Crippen molar-refractivity contribution in [1.82, 2.24) is 0 Å². The summed E-state index contributed by atoms with van der Waals surface area (Å²) >= 11 is 0. The minimum absolute atomic E-state index is 0.369. The lowest BCUT2D eigenvalue weighted by Crippen LogP contribution is -2.12. The van der Waals surface area contributed by atoms with Crippen LogP contribution in [-0.2, 0) is 22.6 Å². The van der Waals surface area contributed by atoms with Gasteiger partial charge in [-0.15, -0.1) is 0 Å². The molecule has 4 heteroatoms. The maximum absolute atomic E-state index is 12.2. The molecule has 0 aliphatic rings. The van der Waals surface area contributed by atoms with E-state index >= 15 is 0 Å². The van der Waals surface area contributed by atoms with Crippen molar-refractivity contribution >= 4 is 11.9 Å². The van der Waals surface area contributed by atoms with E-state index in [1.165, 1.54) is 75.3 Å². The van der Waals surface area contributed by atoms with E-state index in [1.54, 1.807) is 24.3 Å². The fourth-order valence-electron chi connectivity index (χ4n) is 4.01. The number of rotatable bonds is 16. The molecule has 0 atom stereocenters. The van der Waals surface area contributed by atoms with Gasteiger partial charge in [-0.1, -0.05) is 102 Å². The van der Waals surface area contributed by atoms with E-state index in [-0.39, 0.29) is 0 Å². The summed E-state index contributed by atoms with van der Waals surface area (Å²) in [6.07, 6.45) is 17.1. The topological polar surface area (TPSA) is 52.6 Å². The van der Waals surface area contributed by atoms with Gasteiger partial charge in [0.15, 0.2) is 0 Å². The van der Waals surface area contributed by atoms with Crippen molar-refractivity contribution in [3.05, 3.63) is 70.8 Å².